The first-order valence-electron chi connectivity index (χ1n) is 8.05. The van der Waals surface area contributed by atoms with Crippen LogP contribution in [0.5, 0.6) is 0 Å². The zero-order valence-corrected chi connectivity index (χ0v) is 13.8. The van der Waals surface area contributed by atoms with Gasteiger partial charge in [-0.05, 0) is 19.1 Å². The van der Waals surface area contributed by atoms with Gasteiger partial charge < -0.3 is 14.0 Å². The fourth-order valence-corrected chi connectivity index (χ4v) is 2.82. The van der Waals surface area contributed by atoms with Crippen LogP contribution in [0.3, 0.4) is 0 Å². The van der Waals surface area contributed by atoms with Gasteiger partial charge in [0.25, 0.3) is 0 Å². The first kappa shape index (κ1) is 16.3. The van der Waals surface area contributed by atoms with Gasteiger partial charge in [-0.15, -0.1) is 0 Å². The molecule has 0 amide bonds. The molecule has 0 aliphatic carbocycles. The third-order valence-electron chi connectivity index (χ3n) is 3.95. The van der Waals surface area contributed by atoms with E-state index in [1.54, 1.807) is 6.92 Å². The molecule has 124 valence electrons. The number of nitrogens with zero attached hydrogens (tertiary/aromatic N) is 1. The Balaban J connectivity index is 1.63. The zero-order chi connectivity index (χ0) is 16.9. The smallest absolute Gasteiger partial charge is 0.333 e. The van der Waals surface area contributed by atoms with E-state index in [9.17, 15) is 4.79 Å². The number of esters is 1. The highest BCUT2D eigenvalue weighted by Gasteiger charge is 2.09. The van der Waals surface area contributed by atoms with Gasteiger partial charge in [0.2, 0.25) is 0 Å². The summed E-state index contributed by atoms with van der Waals surface area (Å²) >= 11 is 0. The fourth-order valence-electron chi connectivity index (χ4n) is 2.82. The van der Waals surface area contributed by atoms with Gasteiger partial charge in [-0.3, -0.25) is 0 Å². The Morgan fingerprint density at radius 2 is 1.54 bits per heavy atom. The summed E-state index contributed by atoms with van der Waals surface area (Å²) in [5.41, 5.74) is 2.81. The third-order valence-corrected chi connectivity index (χ3v) is 3.95. The van der Waals surface area contributed by atoms with Crippen LogP contribution >= 0.6 is 0 Å². The number of fused-ring (bicyclic) bond motifs is 3. The quantitative estimate of drug-likeness (QED) is 0.376. The average molecular weight is 323 g/mol. The molecule has 0 fully saturated rings. The predicted octanol–water partition coefficient (Wildman–Crippen LogP) is 3.93. The summed E-state index contributed by atoms with van der Waals surface area (Å²) < 4.78 is 12.9. The molecule has 4 nitrogen and oxygen atoms in total. The normalized spacial score (nSPS) is 11.0. The standard InChI is InChI=1S/C20H21NO3/c1-15(2)20(22)24-14-13-23-12-11-21-18-9-5-3-7-16(18)17-8-4-6-10-19(17)21/h3-10H,1,11-14H2,2H3. The van der Waals surface area contributed by atoms with Crippen molar-refractivity contribution < 1.29 is 14.3 Å². The molecule has 0 N–H and O–H groups in total. The SMILES string of the molecule is C=C(C)C(=O)OCCOCCn1c2ccccc2c2ccccc21. The van der Waals surface area contributed by atoms with Gasteiger partial charge >= 0.3 is 5.97 Å². The van der Waals surface area contributed by atoms with Crippen LogP contribution in [0.1, 0.15) is 6.92 Å². The van der Waals surface area contributed by atoms with Gasteiger partial charge in [-0.1, -0.05) is 43.0 Å². The van der Waals surface area contributed by atoms with E-state index in [4.69, 9.17) is 9.47 Å². The minimum atomic E-state index is -0.374. The molecule has 0 aliphatic rings. The van der Waals surface area contributed by atoms with Crippen molar-refractivity contribution in [2.75, 3.05) is 19.8 Å². The van der Waals surface area contributed by atoms with Gasteiger partial charge in [0, 0.05) is 33.9 Å². The number of carbonyl (C=O) groups excluding carboxylic acids is 1. The molecule has 0 bridgehead atoms. The van der Waals surface area contributed by atoms with E-state index >= 15 is 0 Å². The number of carbonyl (C=O) groups is 1. The van der Waals surface area contributed by atoms with Crippen molar-refractivity contribution in [1.29, 1.82) is 0 Å². The molecule has 1 heterocycles. The van der Waals surface area contributed by atoms with E-state index in [0.717, 1.165) is 6.54 Å². The number of hydrogen-bond acceptors (Lipinski definition) is 3. The molecule has 4 heteroatoms. The number of ether oxygens (including phenoxy) is 2. The molecule has 3 rings (SSSR count). The summed E-state index contributed by atoms with van der Waals surface area (Å²) in [5, 5.41) is 2.51. The second-order valence-electron chi connectivity index (χ2n) is 5.71. The average Bonchev–Trinajstić information content (AvgIpc) is 2.92. The monoisotopic (exact) mass is 323 g/mol. The van der Waals surface area contributed by atoms with Crippen molar-refractivity contribution in [2.45, 2.75) is 13.5 Å². The van der Waals surface area contributed by atoms with Crippen LogP contribution in [0, 0.1) is 0 Å². The van der Waals surface area contributed by atoms with Crippen molar-refractivity contribution in [3.63, 3.8) is 0 Å². The Hall–Kier alpha value is -2.59. The van der Waals surface area contributed by atoms with Crippen LogP contribution in [0.4, 0.5) is 0 Å². The van der Waals surface area contributed by atoms with Crippen LogP contribution < -0.4 is 0 Å². The summed E-state index contributed by atoms with van der Waals surface area (Å²) in [5.74, 6) is -0.374. The number of aromatic nitrogens is 1. The highest BCUT2D eigenvalue weighted by Crippen LogP contribution is 2.28. The minimum absolute atomic E-state index is 0.249. The molecule has 0 atom stereocenters. The number of benzene rings is 2. The van der Waals surface area contributed by atoms with Gasteiger partial charge in [-0.2, -0.15) is 0 Å². The fraction of sp³-hybridized carbons (Fsp3) is 0.250. The van der Waals surface area contributed by atoms with Crippen molar-refractivity contribution >= 4 is 27.8 Å². The minimum Gasteiger partial charge on any atom is -0.460 e. The Morgan fingerprint density at radius 3 is 2.12 bits per heavy atom. The highest BCUT2D eigenvalue weighted by atomic mass is 16.6. The Morgan fingerprint density at radius 1 is 0.958 bits per heavy atom. The zero-order valence-electron chi connectivity index (χ0n) is 13.8. The van der Waals surface area contributed by atoms with Crippen LogP contribution in [0.25, 0.3) is 21.8 Å². The van der Waals surface area contributed by atoms with E-state index in [-0.39, 0.29) is 12.6 Å². The van der Waals surface area contributed by atoms with Gasteiger partial charge in [0.1, 0.15) is 6.61 Å². The van der Waals surface area contributed by atoms with Gasteiger partial charge in [0.05, 0.1) is 13.2 Å². The van der Waals surface area contributed by atoms with Gasteiger partial charge in [-0.25, -0.2) is 4.79 Å². The summed E-state index contributed by atoms with van der Waals surface area (Å²) in [7, 11) is 0. The molecule has 2 aromatic carbocycles. The van der Waals surface area contributed by atoms with E-state index in [1.807, 2.05) is 0 Å². The first-order chi connectivity index (χ1) is 11.7. The lowest BCUT2D eigenvalue weighted by molar-refractivity contribution is -0.140. The molecular formula is C20H21NO3. The number of rotatable bonds is 7. The summed E-state index contributed by atoms with van der Waals surface area (Å²) in [4.78, 5) is 11.3. The molecule has 24 heavy (non-hydrogen) atoms. The van der Waals surface area contributed by atoms with Crippen LogP contribution in [0.2, 0.25) is 0 Å². The Bertz CT molecular complexity index is 826. The molecule has 1 aromatic heterocycles. The topological polar surface area (TPSA) is 40.5 Å². The Kier molecular flexibility index (Phi) is 4.96. The second-order valence-corrected chi connectivity index (χ2v) is 5.71. The summed E-state index contributed by atoms with van der Waals surface area (Å²) in [6, 6.07) is 16.8. The lowest BCUT2D eigenvalue weighted by Gasteiger charge is -2.09. The molecule has 0 radical (unpaired) electrons. The van der Waals surface area contributed by atoms with E-state index in [0.29, 0.717) is 18.8 Å². The van der Waals surface area contributed by atoms with E-state index in [1.165, 1.54) is 21.8 Å². The molecule has 0 spiro atoms. The largest absolute Gasteiger partial charge is 0.460 e. The maximum absolute atomic E-state index is 11.3. The van der Waals surface area contributed by atoms with Gasteiger partial charge in [0.15, 0.2) is 0 Å². The third kappa shape index (κ3) is 3.34. The maximum atomic E-state index is 11.3. The second kappa shape index (κ2) is 7.32. The van der Waals surface area contributed by atoms with Crippen molar-refractivity contribution in [3.8, 4) is 0 Å². The van der Waals surface area contributed by atoms with Crippen molar-refractivity contribution in [2.24, 2.45) is 0 Å². The number of hydrogen-bond donors (Lipinski definition) is 0. The molecular weight excluding hydrogens is 302 g/mol. The van der Waals surface area contributed by atoms with Crippen LogP contribution in [-0.4, -0.2) is 30.4 Å². The summed E-state index contributed by atoms with van der Waals surface area (Å²) in [6.07, 6.45) is 0. The lowest BCUT2D eigenvalue weighted by Crippen LogP contribution is -2.13. The van der Waals surface area contributed by atoms with Crippen molar-refractivity contribution in [1.82, 2.24) is 4.57 Å². The highest BCUT2D eigenvalue weighted by molar-refractivity contribution is 6.07. The van der Waals surface area contributed by atoms with Crippen LogP contribution in [0.15, 0.2) is 60.7 Å². The summed E-state index contributed by atoms with van der Waals surface area (Å²) in [6.45, 7) is 7.12. The van der Waals surface area contributed by atoms with Crippen molar-refractivity contribution in [3.05, 3.63) is 60.7 Å². The number of para-hydroxylation sites is 2. The molecule has 0 saturated heterocycles. The molecule has 0 saturated carbocycles. The Labute approximate surface area is 141 Å². The van der Waals surface area contributed by atoms with E-state index < -0.39 is 0 Å². The van der Waals surface area contributed by atoms with E-state index in [2.05, 4.69) is 59.7 Å². The molecule has 0 unspecified atom stereocenters. The first-order valence-corrected chi connectivity index (χ1v) is 8.05. The molecule has 3 aromatic rings. The molecule has 0 aliphatic heterocycles. The maximum Gasteiger partial charge on any atom is 0.333 e. The van der Waals surface area contributed by atoms with Crippen LogP contribution in [-0.2, 0) is 20.8 Å². The predicted molar refractivity (Wildman–Crippen MR) is 96.0 cm³/mol. The lowest BCUT2D eigenvalue weighted by atomic mass is 10.2.